The molecule has 0 saturated carbocycles. The second-order valence-electron chi connectivity index (χ2n) is 5.45. The van der Waals surface area contributed by atoms with Crippen LogP contribution in [0.3, 0.4) is 0 Å². The van der Waals surface area contributed by atoms with Gasteiger partial charge >= 0.3 is 6.03 Å². The molecule has 1 aliphatic rings. The number of benzene rings is 1. The molecule has 1 saturated heterocycles. The third-order valence-electron chi connectivity index (χ3n) is 3.94. The van der Waals surface area contributed by atoms with Gasteiger partial charge in [-0.15, -0.1) is 0 Å². The zero-order chi connectivity index (χ0) is 16.4. The molecular weight excluding hydrogens is 323 g/mol. The molecule has 0 spiro atoms. The number of carbonyl (C=O) groups excluding carboxylic acids is 1. The Morgan fingerprint density at radius 3 is 2.83 bits per heavy atom. The fourth-order valence-electron chi connectivity index (χ4n) is 2.67. The lowest BCUT2D eigenvalue weighted by Crippen LogP contribution is -2.40. The maximum Gasteiger partial charge on any atom is 0.321 e. The summed E-state index contributed by atoms with van der Waals surface area (Å²) in [6.45, 7) is 1.09. The van der Waals surface area contributed by atoms with Crippen molar-refractivity contribution in [3.05, 3.63) is 40.8 Å². The first-order valence-electron chi connectivity index (χ1n) is 7.26. The number of urea groups is 1. The largest absolute Gasteiger partial charge is 0.368 e. The summed E-state index contributed by atoms with van der Waals surface area (Å²) in [6.07, 6.45) is 1.49. The van der Waals surface area contributed by atoms with Gasteiger partial charge in [0, 0.05) is 25.1 Å². The van der Waals surface area contributed by atoms with Gasteiger partial charge in [0.1, 0.15) is 0 Å². The highest BCUT2D eigenvalue weighted by atomic mass is 35.5. The molecule has 0 unspecified atom stereocenters. The van der Waals surface area contributed by atoms with E-state index in [1.54, 1.807) is 17.0 Å². The van der Waals surface area contributed by atoms with Crippen LogP contribution in [0.15, 0.2) is 28.8 Å². The molecule has 6 nitrogen and oxygen atoms in total. The summed E-state index contributed by atoms with van der Waals surface area (Å²) in [7, 11) is 0. The second-order valence-corrected chi connectivity index (χ2v) is 5.85. The predicted octanol–water partition coefficient (Wildman–Crippen LogP) is 3.46. The number of likely N-dealkylation sites (tertiary alicyclic amines) is 1. The van der Waals surface area contributed by atoms with Crippen molar-refractivity contribution in [2.24, 2.45) is 0 Å². The maximum atomic E-state index is 13.8. The molecule has 8 heteroatoms. The number of aromatic nitrogens is 1. The molecule has 3 N–H and O–H groups in total. The molecule has 3 rings (SSSR count). The molecule has 1 aromatic heterocycles. The smallest absolute Gasteiger partial charge is 0.321 e. The number of piperidine rings is 1. The molecular formula is C15H16ClFN4O2. The first kappa shape index (κ1) is 15.6. The number of hydrogen-bond donors (Lipinski definition) is 2. The number of nitrogens with two attached hydrogens (primary N) is 1. The summed E-state index contributed by atoms with van der Waals surface area (Å²) in [6, 6.07) is 5.86. The van der Waals surface area contributed by atoms with Gasteiger partial charge in [-0.25, -0.2) is 9.18 Å². The normalized spacial score (nSPS) is 15.7. The van der Waals surface area contributed by atoms with Crippen molar-refractivity contribution in [3.63, 3.8) is 0 Å². The van der Waals surface area contributed by atoms with Crippen LogP contribution in [0.4, 0.5) is 20.8 Å². The predicted molar refractivity (Wildman–Crippen MR) is 84.9 cm³/mol. The highest BCUT2D eigenvalue weighted by molar-refractivity contribution is 6.31. The van der Waals surface area contributed by atoms with Crippen LogP contribution in [0, 0.1) is 5.82 Å². The molecule has 0 bridgehead atoms. The summed E-state index contributed by atoms with van der Waals surface area (Å²) in [4.78, 5) is 13.9. The second kappa shape index (κ2) is 6.45. The van der Waals surface area contributed by atoms with Crippen LogP contribution in [0.1, 0.15) is 24.5 Å². The number of halogens is 2. The standard InChI is InChI=1S/C15H16ClFN4O2/c16-10-2-1-3-11(14(10)17)19-15(22)21-6-4-9(5-7-21)12-8-13(18)23-20-12/h1-3,8-9H,4-7,18H2,(H,19,22). The average molecular weight is 339 g/mol. The highest BCUT2D eigenvalue weighted by Crippen LogP contribution is 2.29. The van der Waals surface area contributed by atoms with Crippen molar-refractivity contribution in [3.8, 4) is 0 Å². The van der Waals surface area contributed by atoms with E-state index < -0.39 is 5.82 Å². The third-order valence-corrected chi connectivity index (χ3v) is 4.23. The van der Waals surface area contributed by atoms with Gasteiger partial charge in [0.2, 0.25) is 5.88 Å². The molecule has 0 atom stereocenters. The highest BCUT2D eigenvalue weighted by Gasteiger charge is 2.26. The van der Waals surface area contributed by atoms with Crippen LogP contribution in [0.25, 0.3) is 0 Å². The molecule has 23 heavy (non-hydrogen) atoms. The van der Waals surface area contributed by atoms with E-state index in [0.29, 0.717) is 13.1 Å². The van der Waals surface area contributed by atoms with Crippen LogP contribution in [0.5, 0.6) is 0 Å². The number of rotatable bonds is 2. The number of carbonyl (C=O) groups is 1. The van der Waals surface area contributed by atoms with Crippen molar-refractivity contribution in [2.75, 3.05) is 24.1 Å². The lowest BCUT2D eigenvalue weighted by molar-refractivity contribution is 0.193. The van der Waals surface area contributed by atoms with Gasteiger partial charge in [0.05, 0.1) is 16.4 Å². The molecule has 2 aromatic rings. The number of anilines is 2. The number of nitrogens with zero attached hydrogens (tertiary/aromatic N) is 2. The lowest BCUT2D eigenvalue weighted by atomic mass is 9.94. The zero-order valence-corrected chi connectivity index (χ0v) is 13.0. The van der Waals surface area contributed by atoms with Crippen molar-refractivity contribution >= 4 is 29.2 Å². The van der Waals surface area contributed by atoms with Crippen LogP contribution >= 0.6 is 11.6 Å². The SMILES string of the molecule is Nc1cc(C2CCN(C(=O)Nc3cccc(Cl)c3F)CC2)no1. The van der Waals surface area contributed by atoms with Gasteiger partial charge < -0.3 is 20.5 Å². The zero-order valence-electron chi connectivity index (χ0n) is 12.3. The van der Waals surface area contributed by atoms with E-state index in [-0.39, 0.29) is 28.5 Å². The Kier molecular flexibility index (Phi) is 4.38. The fraction of sp³-hybridized carbons (Fsp3) is 0.333. The molecule has 1 aromatic carbocycles. The Morgan fingerprint density at radius 2 is 2.17 bits per heavy atom. The number of hydrogen-bond acceptors (Lipinski definition) is 4. The summed E-state index contributed by atoms with van der Waals surface area (Å²) in [5, 5.41) is 6.44. The van der Waals surface area contributed by atoms with E-state index in [9.17, 15) is 9.18 Å². The minimum absolute atomic E-state index is 0.0230. The van der Waals surface area contributed by atoms with Gasteiger partial charge in [-0.1, -0.05) is 22.8 Å². The molecule has 1 aliphatic heterocycles. The quantitative estimate of drug-likeness (QED) is 0.878. The Hall–Kier alpha value is -2.28. The van der Waals surface area contributed by atoms with Crippen molar-refractivity contribution in [1.29, 1.82) is 0 Å². The molecule has 2 amide bonds. The summed E-state index contributed by atoms with van der Waals surface area (Å²) >= 11 is 5.71. The first-order chi connectivity index (χ1) is 11.0. The van der Waals surface area contributed by atoms with Gasteiger partial charge in [-0.3, -0.25) is 0 Å². The monoisotopic (exact) mass is 338 g/mol. The number of amides is 2. The summed E-state index contributed by atoms with van der Waals surface area (Å²) in [5.41, 5.74) is 6.41. The molecule has 2 heterocycles. The molecule has 0 radical (unpaired) electrons. The van der Waals surface area contributed by atoms with E-state index in [0.717, 1.165) is 18.5 Å². The minimum atomic E-state index is -0.629. The van der Waals surface area contributed by atoms with Crippen LogP contribution < -0.4 is 11.1 Å². The Bertz CT molecular complexity index is 713. The molecule has 1 fully saturated rings. The topological polar surface area (TPSA) is 84.4 Å². The van der Waals surface area contributed by atoms with Crippen molar-refractivity contribution in [2.45, 2.75) is 18.8 Å². The van der Waals surface area contributed by atoms with E-state index >= 15 is 0 Å². The number of nitrogen functional groups attached to an aromatic ring is 1. The van der Waals surface area contributed by atoms with Crippen LogP contribution in [-0.2, 0) is 0 Å². The van der Waals surface area contributed by atoms with Crippen LogP contribution in [-0.4, -0.2) is 29.2 Å². The van der Waals surface area contributed by atoms with Gasteiger partial charge in [0.15, 0.2) is 5.82 Å². The lowest BCUT2D eigenvalue weighted by Gasteiger charge is -2.31. The molecule has 122 valence electrons. The average Bonchev–Trinajstić information content (AvgIpc) is 2.98. The summed E-state index contributed by atoms with van der Waals surface area (Å²) < 4.78 is 18.7. The first-order valence-corrected chi connectivity index (χ1v) is 7.64. The van der Waals surface area contributed by atoms with Gasteiger partial charge in [0.25, 0.3) is 0 Å². The third kappa shape index (κ3) is 3.39. The van der Waals surface area contributed by atoms with Crippen LogP contribution in [0.2, 0.25) is 5.02 Å². The molecule has 0 aliphatic carbocycles. The van der Waals surface area contributed by atoms with Crippen molar-refractivity contribution < 1.29 is 13.7 Å². The minimum Gasteiger partial charge on any atom is -0.368 e. The van der Waals surface area contributed by atoms with Gasteiger partial charge in [-0.2, -0.15) is 0 Å². The Balaban J connectivity index is 1.59. The Labute approximate surface area is 137 Å². The van der Waals surface area contributed by atoms with E-state index in [4.69, 9.17) is 21.9 Å². The van der Waals surface area contributed by atoms with Crippen molar-refractivity contribution in [1.82, 2.24) is 10.1 Å². The van der Waals surface area contributed by atoms with Gasteiger partial charge in [-0.05, 0) is 25.0 Å². The van der Waals surface area contributed by atoms with E-state index in [1.807, 2.05) is 0 Å². The van der Waals surface area contributed by atoms with E-state index in [1.165, 1.54) is 12.1 Å². The maximum absolute atomic E-state index is 13.8. The summed E-state index contributed by atoms with van der Waals surface area (Å²) in [5.74, 6) is -0.130. The number of nitrogens with one attached hydrogen (secondary N) is 1. The Morgan fingerprint density at radius 1 is 1.43 bits per heavy atom. The van der Waals surface area contributed by atoms with E-state index in [2.05, 4.69) is 10.5 Å². The fourth-order valence-corrected chi connectivity index (χ4v) is 2.84.